The molecule has 2 atom stereocenters. The molecule has 6 rings (SSSR count). The summed E-state index contributed by atoms with van der Waals surface area (Å²) in [4.78, 5) is 42.2. The lowest BCUT2D eigenvalue weighted by atomic mass is 9.74. The number of imidazole rings is 2. The van der Waals surface area contributed by atoms with Crippen LogP contribution in [0.2, 0.25) is 0 Å². The van der Waals surface area contributed by atoms with Gasteiger partial charge in [-0.2, -0.15) is 0 Å². The van der Waals surface area contributed by atoms with E-state index < -0.39 is 23.0 Å². The third-order valence-electron chi connectivity index (χ3n) is 9.40. The topological polar surface area (TPSA) is 138 Å². The molecule has 11 heteroatoms. The summed E-state index contributed by atoms with van der Waals surface area (Å²) < 4.78 is 17.1. The summed E-state index contributed by atoms with van der Waals surface area (Å²) in [6, 6.07) is 9.29. The van der Waals surface area contributed by atoms with Crippen LogP contribution in [-0.4, -0.2) is 65.2 Å². The van der Waals surface area contributed by atoms with Gasteiger partial charge < -0.3 is 20.2 Å². The Labute approximate surface area is 274 Å². The molecular formula is C36H43FN6O4. The van der Waals surface area contributed by atoms with Crippen molar-refractivity contribution in [1.29, 1.82) is 0 Å². The zero-order chi connectivity index (χ0) is 33.8. The largest absolute Gasteiger partial charge is 0.465 e. The van der Waals surface area contributed by atoms with Crippen LogP contribution in [0, 0.1) is 5.82 Å². The highest BCUT2D eigenvalue weighted by Crippen LogP contribution is 2.45. The highest BCUT2D eigenvalue weighted by Gasteiger charge is 2.35. The van der Waals surface area contributed by atoms with E-state index in [1.807, 2.05) is 45.0 Å². The number of halogens is 1. The molecule has 0 spiro atoms. The minimum absolute atomic E-state index is 0.285. The van der Waals surface area contributed by atoms with Crippen LogP contribution in [0.3, 0.4) is 0 Å². The lowest BCUT2D eigenvalue weighted by molar-refractivity contribution is 0.138. The number of aromatic nitrogens is 4. The number of nitrogens with zero attached hydrogens (tertiary/aromatic N) is 4. The molecule has 0 saturated carbocycles. The molecule has 248 valence electrons. The zero-order valence-electron chi connectivity index (χ0n) is 27.8. The Kier molecular flexibility index (Phi) is 8.14. The summed E-state index contributed by atoms with van der Waals surface area (Å²) in [5.41, 5.74) is 4.53. The summed E-state index contributed by atoms with van der Waals surface area (Å²) in [6.45, 7) is 13.1. The van der Waals surface area contributed by atoms with Crippen molar-refractivity contribution in [2.24, 2.45) is 0 Å². The van der Waals surface area contributed by atoms with Crippen LogP contribution in [-0.2, 0) is 10.8 Å². The van der Waals surface area contributed by atoms with Gasteiger partial charge in [-0.05, 0) is 59.3 Å². The molecule has 4 heterocycles. The van der Waals surface area contributed by atoms with E-state index in [1.54, 1.807) is 12.4 Å². The van der Waals surface area contributed by atoms with Crippen LogP contribution in [0.4, 0.5) is 14.0 Å². The SMILES string of the molecule is CC(C)(C)c1cc(-c2ccc(-c3c[nH]c([C@@H]4CCCN4C(=O)O)n3)cc2)c(C(C)(C)C)c(F)c1-c1c[nH]c([C@@H]2CCCN2C(=O)O)n1. The quantitative estimate of drug-likeness (QED) is 0.172. The predicted octanol–water partition coefficient (Wildman–Crippen LogP) is 8.50. The molecule has 2 fully saturated rings. The number of likely N-dealkylation sites (tertiary alicyclic amines) is 2. The second-order valence-electron chi connectivity index (χ2n) is 14.7. The number of H-pyrrole nitrogens is 2. The molecule has 10 nitrogen and oxygen atoms in total. The average molecular weight is 643 g/mol. The van der Waals surface area contributed by atoms with Crippen molar-refractivity contribution in [1.82, 2.24) is 29.7 Å². The van der Waals surface area contributed by atoms with E-state index in [9.17, 15) is 19.8 Å². The fraction of sp³-hybridized carbons (Fsp3) is 0.444. The van der Waals surface area contributed by atoms with Gasteiger partial charge in [0.2, 0.25) is 0 Å². The highest BCUT2D eigenvalue weighted by molar-refractivity contribution is 5.79. The summed E-state index contributed by atoms with van der Waals surface area (Å²) >= 11 is 0. The molecule has 2 saturated heterocycles. The normalized spacial score (nSPS) is 18.7. The third-order valence-corrected chi connectivity index (χ3v) is 9.40. The second kappa shape index (κ2) is 11.8. The zero-order valence-corrected chi connectivity index (χ0v) is 27.8. The number of carbonyl (C=O) groups is 2. The van der Waals surface area contributed by atoms with E-state index >= 15 is 4.39 Å². The van der Waals surface area contributed by atoms with E-state index in [-0.39, 0.29) is 17.9 Å². The Hall–Kier alpha value is -4.67. The first-order valence-electron chi connectivity index (χ1n) is 16.2. The van der Waals surface area contributed by atoms with Gasteiger partial charge in [-0.25, -0.2) is 23.9 Å². The van der Waals surface area contributed by atoms with Crippen molar-refractivity contribution in [3.63, 3.8) is 0 Å². The van der Waals surface area contributed by atoms with Crippen LogP contribution in [0.25, 0.3) is 33.6 Å². The van der Waals surface area contributed by atoms with E-state index in [4.69, 9.17) is 9.97 Å². The minimum Gasteiger partial charge on any atom is -0.465 e. The number of hydrogen-bond acceptors (Lipinski definition) is 4. The average Bonchev–Trinajstić information content (AvgIpc) is 3.81. The summed E-state index contributed by atoms with van der Waals surface area (Å²) in [5.74, 6) is 0.831. The third kappa shape index (κ3) is 5.99. The molecular weight excluding hydrogens is 599 g/mol. The van der Waals surface area contributed by atoms with Gasteiger partial charge in [-0.3, -0.25) is 9.80 Å². The Balaban J connectivity index is 1.40. The summed E-state index contributed by atoms with van der Waals surface area (Å²) in [5, 5.41) is 19.2. The molecule has 2 aromatic carbocycles. The molecule has 4 N–H and O–H groups in total. The van der Waals surface area contributed by atoms with Gasteiger partial charge in [0.1, 0.15) is 17.5 Å². The van der Waals surface area contributed by atoms with Crippen molar-refractivity contribution in [3.05, 3.63) is 71.3 Å². The number of amides is 2. The van der Waals surface area contributed by atoms with Crippen molar-refractivity contribution in [2.75, 3.05) is 13.1 Å². The van der Waals surface area contributed by atoms with Gasteiger partial charge in [-0.1, -0.05) is 65.8 Å². The van der Waals surface area contributed by atoms with Crippen LogP contribution in [0.5, 0.6) is 0 Å². The van der Waals surface area contributed by atoms with E-state index in [0.717, 1.165) is 47.2 Å². The first kappa shape index (κ1) is 32.3. The molecule has 0 aliphatic carbocycles. The van der Waals surface area contributed by atoms with Crippen LogP contribution in [0.15, 0.2) is 42.7 Å². The standard InChI is InChI=1S/C36H43FN6O4/c1-35(2,3)23-17-22(20-11-13-21(14-12-20)24-18-38-31(40-24)26-9-7-15-42(26)33(44)45)29(36(4,5)6)30(37)28(23)25-19-39-32(41-25)27-10-8-16-43(27)34(46)47/h11-14,17-19,26-27H,7-10,15-16H2,1-6H3,(H,38,40)(H,39,41)(H,44,45)(H,46,47)/t26-,27-/m0/s1. The van der Waals surface area contributed by atoms with Crippen molar-refractivity contribution in [2.45, 2.75) is 90.1 Å². The second-order valence-corrected chi connectivity index (χ2v) is 14.7. The molecule has 47 heavy (non-hydrogen) atoms. The Morgan fingerprint density at radius 1 is 0.787 bits per heavy atom. The maximum Gasteiger partial charge on any atom is 0.407 e. The first-order chi connectivity index (χ1) is 22.1. The van der Waals surface area contributed by atoms with Gasteiger partial charge in [0.25, 0.3) is 0 Å². The summed E-state index contributed by atoms with van der Waals surface area (Å²) in [7, 11) is 0. The lowest BCUT2D eigenvalue weighted by Crippen LogP contribution is -2.29. The van der Waals surface area contributed by atoms with Crippen LogP contribution < -0.4 is 0 Å². The van der Waals surface area contributed by atoms with Gasteiger partial charge in [-0.15, -0.1) is 0 Å². The molecule has 4 aromatic rings. The number of carboxylic acid groups (broad SMARTS) is 2. The number of rotatable bonds is 5. The molecule has 2 amide bonds. The number of aromatic amines is 2. The summed E-state index contributed by atoms with van der Waals surface area (Å²) in [6.07, 6.45) is 4.52. The van der Waals surface area contributed by atoms with Crippen molar-refractivity contribution < 1.29 is 24.2 Å². The van der Waals surface area contributed by atoms with E-state index in [0.29, 0.717) is 48.0 Å². The van der Waals surface area contributed by atoms with E-state index in [2.05, 4.69) is 36.8 Å². The van der Waals surface area contributed by atoms with E-state index in [1.165, 1.54) is 9.80 Å². The van der Waals surface area contributed by atoms with Crippen molar-refractivity contribution >= 4 is 12.2 Å². The van der Waals surface area contributed by atoms with Gasteiger partial charge in [0, 0.05) is 42.2 Å². The Bertz CT molecular complexity index is 1810. The van der Waals surface area contributed by atoms with Gasteiger partial charge >= 0.3 is 12.2 Å². The molecule has 0 bridgehead atoms. The van der Waals surface area contributed by atoms with Crippen molar-refractivity contribution in [3.8, 4) is 33.6 Å². The fourth-order valence-corrected chi connectivity index (χ4v) is 7.12. The molecule has 2 aromatic heterocycles. The molecule has 2 aliphatic heterocycles. The molecule has 0 radical (unpaired) electrons. The van der Waals surface area contributed by atoms with Gasteiger partial charge in [0.15, 0.2) is 0 Å². The predicted molar refractivity (Wildman–Crippen MR) is 178 cm³/mol. The maximum absolute atomic E-state index is 17.1. The monoisotopic (exact) mass is 642 g/mol. The fourth-order valence-electron chi connectivity index (χ4n) is 7.12. The maximum atomic E-state index is 17.1. The molecule has 2 aliphatic rings. The minimum atomic E-state index is -0.983. The Morgan fingerprint density at radius 2 is 1.28 bits per heavy atom. The number of nitrogens with one attached hydrogen (secondary N) is 2. The first-order valence-corrected chi connectivity index (χ1v) is 16.2. The Morgan fingerprint density at radius 3 is 1.77 bits per heavy atom. The number of hydrogen-bond donors (Lipinski definition) is 4. The van der Waals surface area contributed by atoms with Crippen LogP contribution in [0.1, 0.15) is 102 Å². The number of benzene rings is 2. The molecule has 0 unspecified atom stereocenters. The lowest BCUT2D eigenvalue weighted by Gasteiger charge is -2.30. The highest BCUT2D eigenvalue weighted by atomic mass is 19.1. The van der Waals surface area contributed by atoms with Gasteiger partial charge in [0.05, 0.1) is 23.5 Å². The van der Waals surface area contributed by atoms with Crippen LogP contribution >= 0.6 is 0 Å². The smallest absolute Gasteiger partial charge is 0.407 e.